The van der Waals surface area contributed by atoms with E-state index in [0.717, 1.165) is 5.25 Å². The summed E-state index contributed by atoms with van der Waals surface area (Å²) in [7, 11) is 0. The second kappa shape index (κ2) is 7.17. The number of likely N-dealkylation sites (N-methyl/N-ethyl adjacent to an activating group) is 1. The van der Waals surface area contributed by atoms with Crippen LogP contribution in [0.1, 0.15) is 40.0 Å². The predicted octanol–water partition coefficient (Wildman–Crippen LogP) is 1.77. The largest absolute Gasteiger partial charge is 0.355 e. The van der Waals surface area contributed by atoms with Crippen molar-refractivity contribution in [1.29, 1.82) is 0 Å². The van der Waals surface area contributed by atoms with Crippen molar-refractivity contribution < 1.29 is 4.79 Å². The van der Waals surface area contributed by atoms with E-state index >= 15 is 0 Å². The summed E-state index contributed by atoms with van der Waals surface area (Å²) in [5.41, 5.74) is 0. The quantitative estimate of drug-likeness (QED) is 0.748. The van der Waals surface area contributed by atoms with Crippen molar-refractivity contribution in [2.45, 2.75) is 57.4 Å². The minimum absolute atomic E-state index is 0.0599. The molecule has 0 aliphatic heterocycles. The van der Waals surface area contributed by atoms with E-state index in [4.69, 9.17) is 0 Å². The number of nitrogens with one attached hydrogen (secondary N) is 2. The van der Waals surface area contributed by atoms with E-state index < -0.39 is 0 Å². The molecule has 0 bridgehead atoms. The fraction of sp³-hybridized carbons (Fsp3) is 0.917. The summed E-state index contributed by atoms with van der Waals surface area (Å²) >= 11 is 2.05. The molecule has 94 valence electrons. The van der Waals surface area contributed by atoms with Crippen molar-refractivity contribution >= 4 is 17.7 Å². The Balaban J connectivity index is 2.25. The van der Waals surface area contributed by atoms with Crippen LogP contribution in [0.25, 0.3) is 0 Å². The predicted molar refractivity (Wildman–Crippen MR) is 70.8 cm³/mol. The van der Waals surface area contributed by atoms with Crippen LogP contribution >= 0.6 is 11.8 Å². The lowest BCUT2D eigenvalue weighted by Crippen LogP contribution is -2.45. The molecule has 0 aromatic rings. The number of rotatable bonds is 6. The third-order valence-corrected chi connectivity index (χ3v) is 4.25. The van der Waals surface area contributed by atoms with E-state index in [1.807, 2.05) is 25.6 Å². The van der Waals surface area contributed by atoms with Gasteiger partial charge < -0.3 is 10.6 Å². The minimum atomic E-state index is -0.0599. The van der Waals surface area contributed by atoms with Crippen LogP contribution in [-0.2, 0) is 4.79 Å². The Labute approximate surface area is 103 Å². The fourth-order valence-corrected chi connectivity index (χ4v) is 3.38. The van der Waals surface area contributed by atoms with Gasteiger partial charge in [0.25, 0.3) is 0 Å². The SMILES string of the molecule is CCNC(=O)C(C)NC1CCC(SCC)C1. The molecular weight excluding hydrogens is 220 g/mol. The molecule has 1 aliphatic carbocycles. The number of hydrogen-bond acceptors (Lipinski definition) is 3. The molecule has 0 aromatic carbocycles. The maximum atomic E-state index is 11.6. The number of carbonyl (C=O) groups excluding carboxylic acids is 1. The third-order valence-electron chi connectivity index (χ3n) is 3.02. The molecule has 16 heavy (non-hydrogen) atoms. The first-order valence-corrected chi connectivity index (χ1v) is 7.37. The summed E-state index contributed by atoms with van der Waals surface area (Å²) in [5, 5.41) is 7.07. The average molecular weight is 244 g/mol. The molecule has 1 saturated carbocycles. The smallest absolute Gasteiger partial charge is 0.236 e. The molecule has 3 nitrogen and oxygen atoms in total. The van der Waals surface area contributed by atoms with Crippen molar-refractivity contribution in [3.8, 4) is 0 Å². The first-order valence-electron chi connectivity index (χ1n) is 6.32. The van der Waals surface area contributed by atoms with Gasteiger partial charge in [0.1, 0.15) is 0 Å². The molecule has 1 rings (SSSR count). The monoisotopic (exact) mass is 244 g/mol. The molecule has 1 amide bonds. The molecule has 1 fully saturated rings. The second-order valence-corrected chi connectivity index (χ2v) is 5.95. The van der Waals surface area contributed by atoms with Gasteiger partial charge in [-0.1, -0.05) is 6.92 Å². The molecule has 3 atom stereocenters. The van der Waals surface area contributed by atoms with Crippen molar-refractivity contribution in [3.63, 3.8) is 0 Å². The number of thioether (sulfide) groups is 1. The van der Waals surface area contributed by atoms with Crippen LogP contribution in [0.15, 0.2) is 0 Å². The maximum absolute atomic E-state index is 11.6. The van der Waals surface area contributed by atoms with Gasteiger partial charge in [0.15, 0.2) is 0 Å². The highest BCUT2D eigenvalue weighted by molar-refractivity contribution is 7.99. The Kier molecular flexibility index (Phi) is 6.21. The molecule has 3 unspecified atom stereocenters. The van der Waals surface area contributed by atoms with Crippen LogP contribution in [0, 0.1) is 0 Å². The summed E-state index contributed by atoms with van der Waals surface area (Å²) in [6.45, 7) is 6.83. The lowest BCUT2D eigenvalue weighted by Gasteiger charge is -2.18. The van der Waals surface area contributed by atoms with Crippen LogP contribution in [0.3, 0.4) is 0 Å². The lowest BCUT2D eigenvalue weighted by molar-refractivity contribution is -0.122. The normalized spacial score (nSPS) is 26.7. The summed E-state index contributed by atoms with van der Waals surface area (Å²) in [6.07, 6.45) is 3.71. The Morgan fingerprint density at radius 2 is 2.19 bits per heavy atom. The minimum Gasteiger partial charge on any atom is -0.355 e. The molecular formula is C12H24N2OS. The van der Waals surface area contributed by atoms with Gasteiger partial charge in [-0.25, -0.2) is 0 Å². The zero-order chi connectivity index (χ0) is 12.0. The van der Waals surface area contributed by atoms with Crippen LogP contribution in [0.4, 0.5) is 0 Å². The summed E-state index contributed by atoms with van der Waals surface area (Å²) in [6, 6.07) is 0.469. The van der Waals surface area contributed by atoms with Crippen LogP contribution in [0.2, 0.25) is 0 Å². The number of carbonyl (C=O) groups is 1. The molecule has 1 aliphatic rings. The van der Waals surface area contributed by atoms with Gasteiger partial charge in [-0.3, -0.25) is 4.79 Å². The van der Waals surface area contributed by atoms with Gasteiger partial charge in [-0.2, -0.15) is 11.8 Å². The molecule has 0 spiro atoms. The highest BCUT2D eigenvalue weighted by Gasteiger charge is 2.26. The van der Waals surface area contributed by atoms with Crippen LogP contribution in [-0.4, -0.2) is 35.5 Å². The van der Waals surface area contributed by atoms with E-state index in [-0.39, 0.29) is 11.9 Å². The standard InChI is InChI=1S/C12H24N2OS/c1-4-13-12(15)9(3)14-10-6-7-11(8-10)16-5-2/h9-11,14H,4-8H2,1-3H3,(H,13,15). The Morgan fingerprint density at radius 1 is 1.44 bits per heavy atom. The highest BCUT2D eigenvalue weighted by atomic mass is 32.2. The van der Waals surface area contributed by atoms with E-state index in [0.29, 0.717) is 12.6 Å². The maximum Gasteiger partial charge on any atom is 0.236 e. The topological polar surface area (TPSA) is 41.1 Å². The van der Waals surface area contributed by atoms with E-state index in [2.05, 4.69) is 17.6 Å². The zero-order valence-electron chi connectivity index (χ0n) is 10.6. The third kappa shape index (κ3) is 4.34. The van der Waals surface area contributed by atoms with Crippen LogP contribution < -0.4 is 10.6 Å². The van der Waals surface area contributed by atoms with E-state index in [1.54, 1.807) is 0 Å². The first-order chi connectivity index (χ1) is 7.67. The number of hydrogen-bond donors (Lipinski definition) is 2. The molecule has 0 radical (unpaired) electrons. The van der Waals surface area contributed by atoms with Gasteiger partial charge in [-0.05, 0) is 38.9 Å². The van der Waals surface area contributed by atoms with Gasteiger partial charge in [0.2, 0.25) is 5.91 Å². The molecule has 4 heteroatoms. The first kappa shape index (κ1) is 13.8. The van der Waals surface area contributed by atoms with E-state index in [9.17, 15) is 4.79 Å². The summed E-state index contributed by atoms with van der Waals surface area (Å²) in [5.74, 6) is 1.32. The Morgan fingerprint density at radius 3 is 2.81 bits per heavy atom. The molecule has 0 heterocycles. The van der Waals surface area contributed by atoms with Crippen molar-refractivity contribution in [1.82, 2.24) is 10.6 Å². The average Bonchev–Trinajstić information content (AvgIpc) is 2.66. The van der Waals surface area contributed by atoms with Gasteiger partial charge in [0.05, 0.1) is 6.04 Å². The van der Waals surface area contributed by atoms with Crippen LogP contribution in [0.5, 0.6) is 0 Å². The Hall–Kier alpha value is -0.220. The number of amides is 1. The molecule has 0 saturated heterocycles. The fourth-order valence-electron chi connectivity index (χ4n) is 2.24. The highest BCUT2D eigenvalue weighted by Crippen LogP contribution is 2.29. The summed E-state index contributed by atoms with van der Waals surface area (Å²) in [4.78, 5) is 11.6. The summed E-state index contributed by atoms with van der Waals surface area (Å²) < 4.78 is 0. The van der Waals surface area contributed by atoms with Crippen molar-refractivity contribution in [2.75, 3.05) is 12.3 Å². The second-order valence-electron chi connectivity index (χ2n) is 4.37. The van der Waals surface area contributed by atoms with Gasteiger partial charge >= 0.3 is 0 Å². The van der Waals surface area contributed by atoms with Gasteiger partial charge in [0, 0.05) is 17.8 Å². The van der Waals surface area contributed by atoms with Crippen molar-refractivity contribution in [2.24, 2.45) is 0 Å². The molecule has 0 aromatic heterocycles. The zero-order valence-corrected chi connectivity index (χ0v) is 11.4. The van der Waals surface area contributed by atoms with Gasteiger partial charge in [-0.15, -0.1) is 0 Å². The van der Waals surface area contributed by atoms with E-state index in [1.165, 1.54) is 25.0 Å². The molecule has 2 N–H and O–H groups in total. The lowest BCUT2D eigenvalue weighted by atomic mass is 10.2. The van der Waals surface area contributed by atoms with Crippen molar-refractivity contribution in [3.05, 3.63) is 0 Å². The Bertz CT molecular complexity index is 223.